The van der Waals surface area contributed by atoms with Crippen molar-refractivity contribution in [2.45, 2.75) is 38.3 Å². The van der Waals surface area contributed by atoms with Gasteiger partial charge >= 0.3 is 0 Å². The van der Waals surface area contributed by atoms with Gasteiger partial charge in [-0.2, -0.15) is 4.52 Å². The number of fused-ring (bicyclic) bond motifs is 1. The molecule has 6 nitrogen and oxygen atoms in total. The molecule has 0 spiro atoms. The zero-order valence-electron chi connectivity index (χ0n) is 14.2. The number of aliphatic hydroxyl groups is 1. The van der Waals surface area contributed by atoms with Gasteiger partial charge in [0.05, 0.1) is 19.2 Å². The van der Waals surface area contributed by atoms with E-state index in [-0.39, 0.29) is 18.0 Å². The molecule has 1 fully saturated rings. The largest absolute Gasteiger partial charge is 0.492 e. The van der Waals surface area contributed by atoms with Crippen LogP contribution >= 0.6 is 11.3 Å². The van der Waals surface area contributed by atoms with Crippen LogP contribution < -0.4 is 4.90 Å². The van der Waals surface area contributed by atoms with E-state index in [4.69, 9.17) is 0 Å². The van der Waals surface area contributed by atoms with Crippen molar-refractivity contribution >= 4 is 16.3 Å². The summed E-state index contributed by atoms with van der Waals surface area (Å²) in [7, 11) is 0. The molecule has 1 aromatic carbocycles. The molecule has 132 valence electrons. The number of benzene rings is 1. The van der Waals surface area contributed by atoms with Gasteiger partial charge in [0, 0.05) is 24.8 Å². The fraction of sp³-hybridized carbons (Fsp3) is 0.444. The number of nitrogens with zero attached hydrogens (tertiary/aromatic N) is 3. The van der Waals surface area contributed by atoms with Crippen LogP contribution in [0.15, 0.2) is 30.3 Å². The lowest BCUT2D eigenvalue weighted by Gasteiger charge is -2.33. The topological polar surface area (TPSA) is 75.1 Å². The zero-order valence-corrected chi connectivity index (χ0v) is 15.0. The zero-order chi connectivity index (χ0) is 17.4. The smallest absolute Gasteiger partial charge is 0.235 e. The Hall–Kier alpha value is -1.96. The van der Waals surface area contributed by atoms with Gasteiger partial charge in [0.15, 0.2) is 11.9 Å². The maximum absolute atomic E-state index is 10.8. The maximum Gasteiger partial charge on any atom is 0.235 e. The van der Waals surface area contributed by atoms with Crippen molar-refractivity contribution in [2.75, 3.05) is 13.1 Å². The number of aromatic nitrogens is 3. The van der Waals surface area contributed by atoms with E-state index in [9.17, 15) is 10.2 Å². The van der Waals surface area contributed by atoms with Crippen LogP contribution in [0.25, 0.3) is 4.96 Å². The first-order valence-corrected chi connectivity index (χ1v) is 9.64. The number of piperidine rings is 1. The second-order valence-electron chi connectivity index (χ2n) is 6.60. The predicted molar refractivity (Wildman–Crippen MR) is 96.1 cm³/mol. The Morgan fingerprint density at radius 1 is 1.28 bits per heavy atom. The standard InChI is InChI=1S/C18H22N4O2S/c1-2-14-19-18-22(20-14)17(24)16(25-18)15(12-6-4-3-5-7-12)21-10-8-13(23)9-11-21/h3-7,13,15,23-24H,2,8-11H2,1H3/p+1/t15-/m1/s1. The molecule has 7 heteroatoms. The predicted octanol–water partition coefficient (Wildman–Crippen LogP) is 1.19. The number of nitrogens with one attached hydrogen (secondary N) is 1. The molecule has 0 aliphatic carbocycles. The van der Waals surface area contributed by atoms with Crippen molar-refractivity contribution in [1.82, 2.24) is 14.6 Å². The second kappa shape index (κ2) is 6.74. The number of likely N-dealkylation sites (tertiary alicyclic amines) is 1. The molecule has 0 radical (unpaired) electrons. The van der Waals surface area contributed by atoms with E-state index in [1.165, 1.54) is 21.8 Å². The van der Waals surface area contributed by atoms with Crippen LogP contribution in [0.5, 0.6) is 5.88 Å². The molecule has 1 aliphatic rings. The molecule has 1 saturated heterocycles. The van der Waals surface area contributed by atoms with E-state index in [0.717, 1.165) is 48.0 Å². The highest BCUT2D eigenvalue weighted by Crippen LogP contribution is 2.35. The minimum atomic E-state index is -0.205. The lowest BCUT2D eigenvalue weighted by atomic mass is 9.99. The van der Waals surface area contributed by atoms with Gasteiger partial charge in [-0.3, -0.25) is 0 Å². The minimum absolute atomic E-state index is 0.0345. The summed E-state index contributed by atoms with van der Waals surface area (Å²) in [6.45, 7) is 3.77. The third-order valence-corrected chi connectivity index (χ3v) is 6.05. The lowest BCUT2D eigenvalue weighted by Crippen LogP contribution is -3.13. The van der Waals surface area contributed by atoms with Crippen LogP contribution in [0.2, 0.25) is 0 Å². The van der Waals surface area contributed by atoms with Gasteiger partial charge in [0.2, 0.25) is 10.8 Å². The number of hydrogen-bond donors (Lipinski definition) is 3. The summed E-state index contributed by atoms with van der Waals surface area (Å²) in [4.78, 5) is 7.51. The molecular formula is C18H23N4O2S+. The van der Waals surface area contributed by atoms with Crippen molar-refractivity contribution in [3.05, 3.63) is 46.6 Å². The normalized spacial score (nSPS) is 22.3. The van der Waals surface area contributed by atoms with Gasteiger partial charge in [-0.25, -0.2) is 4.98 Å². The van der Waals surface area contributed by atoms with Crippen LogP contribution in [0, 0.1) is 0 Å². The van der Waals surface area contributed by atoms with Crippen LogP contribution in [0.4, 0.5) is 0 Å². The van der Waals surface area contributed by atoms with Gasteiger partial charge in [-0.05, 0) is 0 Å². The summed E-state index contributed by atoms with van der Waals surface area (Å²) in [5.74, 6) is 0.942. The molecule has 0 saturated carbocycles. The number of aromatic hydroxyl groups is 1. The van der Waals surface area contributed by atoms with Crippen molar-refractivity contribution < 1.29 is 15.1 Å². The molecule has 3 aromatic rings. The fourth-order valence-corrected chi connectivity index (χ4v) is 4.77. The average Bonchev–Trinajstić information content (AvgIpc) is 3.18. The van der Waals surface area contributed by atoms with Crippen LogP contribution in [0.3, 0.4) is 0 Å². The molecular weight excluding hydrogens is 336 g/mol. The summed E-state index contributed by atoms with van der Waals surface area (Å²) in [5.41, 5.74) is 1.17. The molecule has 2 aromatic heterocycles. The molecule has 0 amide bonds. The monoisotopic (exact) mass is 359 g/mol. The average molecular weight is 359 g/mol. The molecule has 0 bridgehead atoms. The van der Waals surface area contributed by atoms with Gasteiger partial charge in [-0.15, -0.1) is 5.10 Å². The van der Waals surface area contributed by atoms with E-state index in [1.54, 1.807) is 4.52 Å². The Balaban J connectivity index is 1.78. The van der Waals surface area contributed by atoms with Crippen molar-refractivity contribution in [3.8, 4) is 5.88 Å². The summed E-state index contributed by atoms with van der Waals surface area (Å²) in [5, 5.41) is 25.1. The number of aliphatic hydroxyl groups excluding tert-OH is 1. The first-order valence-electron chi connectivity index (χ1n) is 8.82. The first-order chi connectivity index (χ1) is 12.2. The summed E-state index contributed by atoms with van der Waals surface area (Å²) >= 11 is 1.51. The lowest BCUT2D eigenvalue weighted by molar-refractivity contribution is -0.931. The van der Waals surface area contributed by atoms with Gasteiger partial charge < -0.3 is 15.1 Å². The quantitative estimate of drug-likeness (QED) is 0.654. The summed E-state index contributed by atoms with van der Waals surface area (Å²) < 4.78 is 1.56. The Morgan fingerprint density at radius 3 is 2.64 bits per heavy atom. The molecule has 4 rings (SSSR count). The molecule has 0 unspecified atom stereocenters. The van der Waals surface area contributed by atoms with Crippen LogP contribution in [-0.2, 0) is 6.42 Å². The number of thiazole rings is 1. The molecule has 3 N–H and O–H groups in total. The first kappa shape index (κ1) is 16.5. The van der Waals surface area contributed by atoms with Crippen LogP contribution in [0.1, 0.15) is 42.1 Å². The van der Waals surface area contributed by atoms with E-state index in [1.807, 2.05) is 25.1 Å². The highest BCUT2D eigenvalue weighted by molar-refractivity contribution is 7.17. The fourth-order valence-electron chi connectivity index (χ4n) is 3.61. The third kappa shape index (κ3) is 3.03. The Morgan fingerprint density at radius 2 is 2.00 bits per heavy atom. The Bertz CT molecular complexity index is 853. The number of rotatable bonds is 4. The van der Waals surface area contributed by atoms with Crippen molar-refractivity contribution in [3.63, 3.8) is 0 Å². The Labute approximate surface area is 150 Å². The SMILES string of the molecule is CCc1nc2sc([C@@H](c3ccccc3)[NH+]3CCC(O)CC3)c(O)n2n1. The molecule has 1 aliphatic heterocycles. The van der Waals surface area contributed by atoms with Crippen LogP contribution in [-0.4, -0.2) is 44.0 Å². The minimum Gasteiger partial charge on any atom is -0.492 e. The number of aryl methyl sites for hydroxylation is 1. The third-order valence-electron chi connectivity index (χ3n) is 4.96. The van der Waals surface area contributed by atoms with Gasteiger partial charge in [0.1, 0.15) is 4.88 Å². The maximum atomic E-state index is 10.8. The van der Waals surface area contributed by atoms with Crippen molar-refractivity contribution in [1.29, 1.82) is 0 Å². The molecule has 25 heavy (non-hydrogen) atoms. The van der Waals surface area contributed by atoms with Crippen molar-refractivity contribution in [2.24, 2.45) is 0 Å². The summed E-state index contributed by atoms with van der Waals surface area (Å²) in [6.07, 6.45) is 2.13. The van der Waals surface area contributed by atoms with Gasteiger partial charge in [-0.1, -0.05) is 48.6 Å². The van der Waals surface area contributed by atoms with E-state index >= 15 is 0 Å². The van der Waals surface area contributed by atoms with E-state index in [2.05, 4.69) is 22.2 Å². The number of hydrogen-bond acceptors (Lipinski definition) is 5. The highest BCUT2D eigenvalue weighted by atomic mass is 32.1. The molecule has 3 heterocycles. The highest BCUT2D eigenvalue weighted by Gasteiger charge is 2.34. The molecule has 1 atom stereocenters. The number of quaternary nitrogens is 1. The van der Waals surface area contributed by atoms with E-state index in [0.29, 0.717) is 0 Å². The van der Waals surface area contributed by atoms with Gasteiger partial charge in [0.25, 0.3) is 0 Å². The Kier molecular flexibility index (Phi) is 4.45. The van der Waals surface area contributed by atoms with E-state index < -0.39 is 0 Å². The summed E-state index contributed by atoms with van der Waals surface area (Å²) in [6, 6.07) is 10.3. The second-order valence-corrected chi connectivity index (χ2v) is 7.61.